The maximum Gasteiger partial charge on any atom is 0.0357 e. The third kappa shape index (κ3) is 3.95. The lowest BCUT2D eigenvalue weighted by Gasteiger charge is -2.29. The second-order valence-corrected chi connectivity index (χ2v) is 4.84. The van der Waals surface area contributed by atoms with Crippen molar-refractivity contribution in [2.24, 2.45) is 11.7 Å². The van der Waals surface area contributed by atoms with Crippen LogP contribution in [0.3, 0.4) is 0 Å². The van der Waals surface area contributed by atoms with Crippen molar-refractivity contribution in [2.75, 3.05) is 20.1 Å². The zero-order chi connectivity index (χ0) is 12.0. The van der Waals surface area contributed by atoms with Gasteiger partial charge in [0.2, 0.25) is 0 Å². The summed E-state index contributed by atoms with van der Waals surface area (Å²) in [5.41, 5.74) is 7.08. The summed E-state index contributed by atoms with van der Waals surface area (Å²) in [5.74, 6) is 0.689. The topological polar surface area (TPSA) is 29.3 Å². The van der Waals surface area contributed by atoms with Crippen molar-refractivity contribution in [2.45, 2.75) is 26.3 Å². The highest BCUT2D eigenvalue weighted by atomic mass is 15.1. The molecule has 0 aliphatic rings. The monoisotopic (exact) mass is 220 g/mol. The molecule has 2 nitrogen and oxygen atoms in total. The molecule has 1 aromatic rings. The molecule has 16 heavy (non-hydrogen) atoms. The van der Waals surface area contributed by atoms with E-state index in [1.807, 2.05) is 0 Å². The molecular weight excluding hydrogens is 196 g/mol. The summed E-state index contributed by atoms with van der Waals surface area (Å²) in [7, 11) is 2.19. The minimum atomic E-state index is 0.452. The molecule has 1 unspecified atom stereocenters. The van der Waals surface area contributed by atoms with Crippen molar-refractivity contribution in [3.05, 3.63) is 35.9 Å². The minimum Gasteiger partial charge on any atom is -0.330 e. The molecule has 2 N–H and O–H groups in total. The number of rotatable bonds is 6. The molecule has 90 valence electrons. The van der Waals surface area contributed by atoms with Gasteiger partial charge in [0.05, 0.1) is 0 Å². The smallest absolute Gasteiger partial charge is 0.0357 e. The van der Waals surface area contributed by atoms with Crippen molar-refractivity contribution in [3.8, 4) is 0 Å². The highest BCUT2D eigenvalue weighted by Crippen LogP contribution is 2.22. The van der Waals surface area contributed by atoms with Gasteiger partial charge in [-0.3, -0.25) is 4.90 Å². The Hall–Kier alpha value is -0.860. The maximum absolute atomic E-state index is 5.71. The van der Waals surface area contributed by atoms with Gasteiger partial charge in [-0.15, -0.1) is 0 Å². The van der Waals surface area contributed by atoms with Crippen LogP contribution < -0.4 is 5.73 Å². The van der Waals surface area contributed by atoms with Crippen LogP contribution in [-0.4, -0.2) is 25.0 Å². The molecule has 0 saturated heterocycles. The van der Waals surface area contributed by atoms with Crippen LogP contribution in [-0.2, 0) is 0 Å². The average Bonchev–Trinajstić information content (AvgIpc) is 2.26. The van der Waals surface area contributed by atoms with E-state index in [0.29, 0.717) is 12.0 Å². The van der Waals surface area contributed by atoms with E-state index in [0.717, 1.165) is 19.5 Å². The van der Waals surface area contributed by atoms with E-state index < -0.39 is 0 Å². The third-order valence-corrected chi connectivity index (χ3v) is 2.81. The van der Waals surface area contributed by atoms with Gasteiger partial charge in [-0.25, -0.2) is 0 Å². The zero-order valence-electron chi connectivity index (χ0n) is 10.7. The second kappa shape index (κ2) is 6.66. The van der Waals surface area contributed by atoms with E-state index in [1.54, 1.807) is 0 Å². The molecule has 0 heterocycles. The van der Waals surface area contributed by atoms with Gasteiger partial charge < -0.3 is 5.73 Å². The first kappa shape index (κ1) is 13.2. The fourth-order valence-electron chi connectivity index (χ4n) is 2.18. The molecule has 0 bridgehead atoms. The van der Waals surface area contributed by atoms with Crippen LogP contribution in [0.25, 0.3) is 0 Å². The Morgan fingerprint density at radius 1 is 1.19 bits per heavy atom. The molecule has 0 saturated carbocycles. The van der Waals surface area contributed by atoms with Crippen molar-refractivity contribution < 1.29 is 0 Å². The summed E-state index contributed by atoms with van der Waals surface area (Å²) >= 11 is 0. The van der Waals surface area contributed by atoms with E-state index >= 15 is 0 Å². The average molecular weight is 220 g/mol. The molecule has 1 atom stereocenters. The number of benzene rings is 1. The molecule has 0 amide bonds. The van der Waals surface area contributed by atoms with Crippen LogP contribution in [0.1, 0.15) is 31.9 Å². The molecule has 0 spiro atoms. The van der Waals surface area contributed by atoms with Crippen LogP contribution in [0.15, 0.2) is 30.3 Å². The van der Waals surface area contributed by atoms with Crippen molar-refractivity contribution >= 4 is 0 Å². The SMILES string of the molecule is CC(C)CN(C)C(CCN)c1ccccc1. The Balaban J connectivity index is 2.74. The first-order valence-electron chi connectivity index (χ1n) is 6.10. The van der Waals surface area contributed by atoms with Crippen molar-refractivity contribution in [3.63, 3.8) is 0 Å². The Labute approximate surface area is 99.5 Å². The van der Waals surface area contributed by atoms with Gasteiger partial charge in [0.15, 0.2) is 0 Å². The van der Waals surface area contributed by atoms with E-state index in [-0.39, 0.29) is 0 Å². The molecule has 1 aromatic carbocycles. The predicted octanol–water partition coefficient (Wildman–Crippen LogP) is 2.66. The Morgan fingerprint density at radius 2 is 1.81 bits per heavy atom. The van der Waals surface area contributed by atoms with Crippen LogP contribution >= 0.6 is 0 Å². The molecule has 0 aliphatic carbocycles. The van der Waals surface area contributed by atoms with E-state index in [4.69, 9.17) is 5.73 Å². The van der Waals surface area contributed by atoms with Crippen LogP contribution in [0.2, 0.25) is 0 Å². The largest absolute Gasteiger partial charge is 0.330 e. The summed E-state index contributed by atoms with van der Waals surface area (Å²) in [6.45, 7) is 6.35. The molecule has 1 rings (SSSR count). The predicted molar refractivity (Wildman–Crippen MR) is 70.3 cm³/mol. The summed E-state index contributed by atoms with van der Waals surface area (Å²) < 4.78 is 0. The molecule has 0 aliphatic heterocycles. The molecule has 0 fully saturated rings. The zero-order valence-corrected chi connectivity index (χ0v) is 10.7. The second-order valence-electron chi connectivity index (χ2n) is 4.84. The lowest BCUT2D eigenvalue weighted by Crippen LogP contribution is -2.29. The Bertz CT molecular complexity index is 282. The van der Waals surface area contributed by atoms with E-state index in [9.17, 15) is 0 Å². The lowest BCUT2D eigenvalue weighted by molar-refractivity contribution is 0.211. The van der Waals surface area contributed by atoms with E-state index in [1.165, 1.54) is 5.56 Å². The van der Waals surface area contributed by atoms with Gasteiger partial charge in [0.25, 0.3) is 0 Å². The quantitative estimate of drug-likeness (QED) is 0.798. The minimum absolute atomic E-state index is 0.452. The molecule has 0 radical (unpaired) electrons. The normalized spacial score (nSPS) is 13.4. The van der Waals surface area contributed by atoms with Crippen LogP contribution in [0, 0.1) is 5.92 Å². The van der Waals surface area contributed by atoms with E-state index in [2.05, 4.69) is 56.1 Å². The highest BCUT2D eigenvalue weighted by Gasteiger charge is 2.16. The van der Waals surface area contributed by atoms with Gasteiger partial charge in [0.1, 0.15) is 0 Å². The van der Waals surface area contributed by atoms with Crippen molar-refractivity contribution in [1.29, 1.82) is 0 Å². The molecular formula is C14H24N2. The number of hydrogen-bond acceptors (Lipinski definition) is 2. The van der Waals surface area contributed by atoms with Gasteiger partial charge in [-0.2, -0.15) is 0 Å². The van der Waals surface area contributed by atoms with Crippen molar-refractivity contribution in [1.82, 2.24) is 4.90 Å². The fraction of sp³-hybridized carbons (Fsp3) is 0.571. The number of hydrogen-bond donors (Lipinski definition) is 1. The summed E-state index contributed by atoms with van der Waals surface area (Å²) in [6.07, 6.45) is 1.02. The van der Waals surface area contributed by atoms with Gasteiger partial charge in [-0.1, -0.05) is 44.2 Å². The first-order valence-corrected chi connectivity index (χ1v) is 6.10. The standard InChI is InChI=1S/C14H24N2/c1-12(2)11-16(3)14(9-10-15)13-7-5-4-6-8-13/h4-8,12,14H,9-11,15H2,1-3H3. The van der Waals surface area contributed by atoms with Crippen LogP contribution in [0.5, 0.6) is 0 Å². The third-order valence-electron chi connectivity index (χ3n) is 2.81. The fourth-order valence-corrected chi connectivity index (χ4v) is 2.18. The van der Waals surface area contributed by atoms with Crippen LogP contribution in [0.4, 0.5) is 0 Å². The first-order chi connectivity index (χ1) is 7.65. The molecule has 2 heteroatoms. The molecule has 0 aromatic heterocycles. The van der Waals surface area contributed by atoms with Gasteiger partial charge in [-0.05, 0) is 31.5 Å². The number of nitrogens with two attached hydrogens (primary N) is 1. The Kier molecular flexibility index (Phi) is 5.50. The highest BCUT2D eigenvalue weighted by molar-refractivity contribution is 5.18. The van der Waals surface area contributed by atoms with Gasteiger partial charge in [0, 0.05) is 12.6 Å². The van der Waals surface area contributed by atoms with Gasteiger partial charge >= 0.3 is 0 Å². The Morgan fingerprint density at radius 3 is 2.31 bits per heavy atom. The maximum atomic E-state index is 5.71. The summed E-state index contributed by atoms with van der Waals surface area (Å²) in [4.78, 5) is 2.41. The lowest BCUT2D eigenvalue weighted by atomic mass is 10.0. The number of nitrogens with zero attached hydrogens (tertiary/aromatic N) is 1. The summed E-state index contributed by atoms with van der Waals surface area (Å²) in [5, 5.41) is 0. The summed E-state index contributed by atoms with van der Waals surface area (Å²) in [6, 6.07) is 11.1.